The summed E-state index contributed by atoms with van der Waals surface area (Å²) in [6.45, 7) is 5.71. The molecule has 0 saturated carbocycles. The van der Waals surface area contributed by atoms with Crippen LogP contribution in [0.15, 0.2) is 30.9 Å². The lowest BCUT2D eigenvalue weighted by molar-refractivity contribution is 0.0695. The van der Waals surface area contributed by atoms with Crippen LogP contribution in [0, 0.1) is 6.92 Å². The third kappa shape index (κ3) is 4.64. The van der Waals surface area contributed by atoms with E-state index in [9.17, 15) is 9.59 Å². The van der Waals surface area contributed by atoms with Crippen molar-refractivity contribution in [3.63, 3.8) is 0 Å². The fourth-order valence-electron chi connectivity index (χ4n) is 1.50. The maximum absolute atomic E-state index is 11.1. The normalized spacial score (nSPS) is 9.65. The first-order valence-electron chi connectivity index (χ1n) is 6.03. The molecule has 20 heavy (non-hydrogen) atoms. The molecule has 1 aromatic carbocycles. The second-order valence-electron chi connectivity index (χ2n) is 3.90. The minimum Gasteiger partial charge on any atom is -0.491 e. The van der Waals surface area contributed by atoms with Gasteiger partial charge in [-0.1, -0.05) is 18.7 Å². The average molecular weight is 279 g/mol. The van der Waals surface area contributed by atoms with Crippen LogP contribution in [-0.4, -0.2) is 36.9 Å². The van der Waals surface area contributed by atoms with Crippen molar-refractivity contribution in [3.8, 4) is 5.75 Å². The monoisotopic (exact) mass is 279 g/mol. The maximum atomic E-state index is 11.1. The van der Waals surface area contributed by atoms with Crippen molar-refractivity contribution in [2.45, 2.75) is 6.92 Å². The molecule has 1 amide bonds. The van der Waals surface area contributed by atoms with Crippen molar-refractivity contribution in [3.05, 3.63) is 42.0 Å². The minimum absolute atomic E-state index is 0.145. The van der Waals surface area contributed by atoms with Gasteiger partial charge in [0.2, 0.25) is 0 Å². The molecule has 1 aromatic rings. The number of carboxylic acids is 1. The lowest BCUT2D eigenvalue weighted by Gasteiger charge is -2.11. The second-order valence-corrected chi connectivity index (χ2v) is 3.90. The molecule has 0 aliphatic heterocycles. The van der Waals surface area contributed by atoms with Crippen LogP contribution in [0.5, 0.6) is 5.75 Å². The lowest BCUT2D eigenvalue weighted by Crippen LogP contribution is -2.28. The summed E-state index contributed by atoms with van der Waals surface area (Å²) in [5.74, 6) is -0.523. The zero-order valence-electron chi connectivity index (χ0n) is 11.2. The molecule has 0 radical (unpaired) electrons. The highest BCUT2D eigenvalue weighted by Gasteiger charge is 2.10. The zero-order chi connectivity index (χ0) is 15.0. The Morgan fingerprint density at radius 1 is 1.45 bits per heavy atom. The first-order chi connectivity index (χ1) is 9.56. The van der Waals surface area contributed by atoms with E-state index in [1.165, 1.54) is 12.1 Å². The summed E-state index contributed by atoms with van der Waals surface area (Å²) in [5.41, 5.74) is 0.745. The Hall–Kier alpha value is -2.50. The molecule has 108 valence electrons. The van der Waals surface area contributed by atoms with Crippen LogP contribution >= 0.6 is 0 Å². The van der Waals surface area contributed by atoms with Gasteiger partial charge in [0.1, 0.15) is 19.0 Å². The minimum atomic E-state index is -1.00. The quantitative estimate of drug-likeness (QED) is 0.589. The standard InChI is InChI=1S/C14H17NO5/c1-3-8-20-14(18)15-7-9-19-12-6-4-5-11(10(12)2)13(16)17/h3-6H,1,7-9H2,2H3,(H,15,18)(H,16,17). The Labute approximate surface area is 117 Å². The number of rotatable bonds is 7. The Balaban J connectivity index is 2.43. The summed E-state index contributed by atoms with van der Waals surface area (Å²) in [6, 6.07) is 4.80. The van der Waals surface area contributed by atoms with Gasteiger partial charge in [0.05, 0.1) is 12.1 Å². The van der Waals surface area contributed by atoms with E-state index >= 15 is 0 Å². The topological polar surface area (TPSA) is 84.9 Å². The smallest absolute Gasteiger partial charge is 0.407 e. The number of benzene rings is 1. The van der Waals surface area contributed by atoms with E-state index in [0.717, 1.165) is 0 Å². The van der Waals surface area contributed by atoms with Gasteiger partial charge in [0.15, 0.2) is 0 Å². The van der Waals surface area contributed by atoms with Crippen LogP contribution in [-0.2, 0) is 4.74 Å². The van der Waals surface area contributed by atoms with Crippen LogP contribution in [0.1, 0.15) is 15.9 Å². The molecule has 6 nitrogen and oxygen atoms in total. The predicted octanol–water partition coefficient (Wildman–Crippen LogP) is 1.98. The molecule has 0 heterocycles. The third-order valence-electron chi connectivity index (χ3n) is 2.48. The molecule has 1 rings (SSSR count). The van der Waals surface area contributed by atoms with Crippen molar-refractivity contribution < 1.29 is 24.2 Å². The highest BCUT2D eigenvalue weighted by molar-refractivity contribution is 5.90. The van der Waals surface area contributed by atoms with Crippen LogP contribution < -0.4 is 10.1 Å². The maximum Gasteiger partial charge on any atom is 0.407 e. The molecule has 0 aliphatic carbocycles. The second kappa shape index (κ2) is 7.83. The number of hydrogen-bond acceptors (Lipinski definition) is 4. The summed E-state index contributed by atoms with van der Waals surface area (Å²) in [6.07, 6.45) is 0.918. The van der Waals surface area contributed by atoms with Gasteiger partial charge >= 0.3 is 12.1 Å². The van der Waals surface area contributed by atoms with Crippen LogP contribution in [0.4, 0.5) is 4.79 Å². The summed E-state index contributed by atoms with van der Waals surface area (Å²) < 4.78 is 10.1. The largest absolute Gasteiger partial charge is 0.491 e. The van der Waals surface area contributed by atoms with Crippen LogP contribution in [0.2, 0.25) is 0 Å². The molecule has 0 aliphatic rings. The highest BCUT2D eigenvalue weighted by atomic mass is 16.5. The molecule has 0 aromatic heterocycles. The van der Waals surface area contributed by atoms with Crippen molar-refractivity contribution in [2.75, 3.05) is 19.8 Å². The summed E-state index contributed by atoms with van der Waals surface area (Å²) >= 11 is 0. The van der Waals surface area contributed by atoms with Crippen LogP contribution in [0.3, 0.4) is 0 Å². The molecular formula is C14H17NO5. The van der Waals surface area contributed by atoms with Crippen molar-refractivity contribution in [2.24, 2.45) is 0 Å². The van der Waals surface area contributed by atoms with Crippen molar-refractivity contribution in [1.82, 2.24) is 5.32 Å². The van der Waals surface area contributed by atoms with Crippen molar-refractivity contribution >= 4 is 12.1 Å². The van der Waals surface area contributed by atoms with Gasteiger partial charge in [-0.2, -0.15) is 0 Å². The van der Waals surface area contributed by atoms with E-state index in [1.54, 1.807) is 19.1 Å². The molecule has 0 bridgehead atoms. The highest BCUT2D eigenvalue weighted by Crippen LogP contribution is 2.21. The van der Waals surface area contributed by atoms with E-state index in [-0.39, 0.29) is 25.3 Å². The molecule has 0 unspecified atom stereocenters. The van der Waals surface area contributed by atoms with E-state index in [0.29, 0.717) is 11.3 Å². The Bertz CT molecular complexity index is 498. The average Bonchev–Trinajstić information content (AvgIpc) is 2.42. The van der Waals surface area contributed by atoms with E-state index in [1.807, 2.05) is 0 Å². The van der Waals surface area contributed by atoms with E-state index in [2.05, 4.69) is 11.9 Å². The molecule has 0 atom stereocenters. The van der Waals surface area contributed by atoms with Crippen LogP contribution in [0.25, 0.3) is 0 Å². The number of carbonyl (C=O) groups excluding carboxylic acids is 1. The van der Waals surface area contributed by atoms with Gasteiger partial charge < -0.3 is 19.9 Å². The van der Waals surface area contributed by atoms with Crippen molar-refractivity contribution in [1.29, 1.82) is 0 Å². The fourth-order valence-corrected chi connectivity index (χ4v) is 1.50. The Morgan fingerprint density at radius 3 is 2.85 bits per heavy atom. The molecule has 6 heteroatoms. The first kappa shape index (κ1) is 15.6. The molecule has 0 fully saturated rings. The summed E-state index contributed by atoms with van der Waals surface area (Å²) in [7, 11) is 0. The van der Waals surface area contributed by atoms with Gasteiger partial charge in [-0.25, -0.2) is 9.59 Å². The lowest BCUT2D eigenvalue weighted by atomic mass is 10.1. The van der Waals surface area contributed by atoms with Gasteiger partial charge in [-0.05, 0) is 19.1 Å². The number of carboxylic acid groups (broad SMARTS) is 1. The fraction of sp³-hybridized carbons (Fsp3) is 0.286. The number of hydrogen-bond donors (Lipinski definition) is 2. The Morgan fingerprint density at radius 2 is 2.20 bits per heavy atom. The SMILES string of the molecule is C=CCOC(=O)NCCOc1cccc(C(=O)O)c1C. The number of nitrogens with one attached hydrogen (secondary N) is 1. The van der Waals surface area contributed by atoms with Gasteiger partial charge in [-0.15, -0.1) is 0 Å². The summed E-state index contributed by atoms with van der Waals surface area (Å²) in [4.78, 5) is 22.1. The van der Waals surface area contributed by atoms with E-state index < -0.39 is 12.1 Å². The Kier molecular flexibility index (Phi) is 6.09. The van der Waals surface area contributed by atoms with Gasteiger partial charge in [0.25, 0.3) is 0 Å². The summed E-state index contributed by atoms with van der Waals surface area (Å²) in [5, 5.41) is 11.5. The predicted molar refractivity (Wildman–Crippen MR) is 73.2 cm³/mol. The molecule has 0 saturated heterocycles. The van der Waals surface area contributed by atoms with Gasteiger partial charge in [-0.3, -0.25) is 0 Å². The molecular weight excluding hydrogens is 262 g/mol. The number of amides is 1. The number of carbonyl (C=O) groups is 2. The van der Waals surface area contributed by atoms with Gasteiger partial charge in [0, 0.05) is 5.56 Å². The first-order valence-corrected chi connectivity index (χ1v) is 6.03. The third-order valence-corrected chi connectivity index (χ3v) is 2.48. The number of ether oxygens (including phenoxy) is 2. The number of alkyl carbamates (subject to hydrolysis) is 1. The zero-order valence-corrected chi connectivity index (χ0v) is 11.2. The molecule has 0 spiro atoms. The number of aromatic carboxylic acids is 1. The van der Waals surface area contributed by atoms with E-state index in [4.69, 9.17) is 14.6 Å². The molecule has 2 N–H and O–H groups in total.